The molecule has 0 heterocycles. The molecular formula is C13H21F2N3O2S. The summed E-state index contributed by atoms with van der Waals surface area (Å²) in [5, 5.41) is 0. The van der Waals surface area contributed by atoms with Crippen molar-refractivity contribution in [3.8, 4) is 0 Å². The summed E-state index contributed by atoms with van der Waals surface area (Å²) in [4.78, 5) is 1.42. The summed E-state index contributed by atoms with van der Waals surface area (Å²) >= 11 is 0. The SMILES string of the molecule is CC(C)N(C)CCCNS(=O)(=O)c1cc(N)c(F)cc1F. The highest BCUT2D eigenvalue weighted by molar-refractivity contribution is 7.89. The van der Waals surface area contributed by atoms with E-state index in [0.717, 1.165) is 6.07 Å². The van der Waals surface area contributed by atoms with Gasteiger partial charge in [0.1, 0.15) is 16.5 Å². The Bertz CT molecular complexity index is 591. The maximum atomic E-state index is 13.5. The molecule has 0 saturated carbocycles. The van der Waals surface area contributed by atoms with Gasteiger partial charge in [-0.1, -0.05) is 0 Å². The van der Waals surface area contributed by atoms with Gasteiger partial charge in [0.2, 0.25) is 10.0 Å². The van der Waals surface area contributed by atoms with E-state index in [4.69, 9.17) is 5.73 Å². The lowest BCUT2D eigenvalue weighted by molar-refractivity contribution is 0.271. The van der Waals surface area contributed by atoms with E-state index in [1.54, 1.807) is 0 Å². The predicted octanol–water partition coefficient (Wildman–Crippen LogP) is 1.56. The fraction of sp³-hybridized carbons (Fsp3) is 0.538. The van der Waals surface area contributed by atoms with Crippen molar-refractivity contribution in [1.82, 2.24) is 9.62 Å². The van der Waals surface area contributed by atoms with Gasteiger partial charge in [-0.15, -0.1) is 0 Å². The van der Waals surface area contributed by atoms with Gasteiger partial charge in [0.05, 0.1) is 5.69 Å². The van der Waals surface area contributed by atoms with Crippen molar-refractivity contribution < 1.29 is 17.2 Å². The quantitative estimate of drug-likeness (QED) is 0.590. The summed E-state index contributed by atoms with van der Waals surface area (Å²) in [7, 11) is -2.11. The first-order valence-electron chi connectivity index (χ1n) is 6.59. The van der Waals surface area contributed by atoms with E-state index in [0.29, 0.717) is 25.1 Å². The van der Waals surface area contributed by atoms with Crippen LogP contribution in [-0.4, -0.2) is 39.5 Å². The van der Waals surface area contributed by atoms with E-state index in [1.807, 2.05) is 20.9 Å². The van der Waals surface area contributed by atoms with Gasteiger partial charge in [-0.25, -0.2) is 21.9 Å². The number of hydrogen-bond acceptors (Lipinski definition) is 4. The second-order valence-corrected chi connectivity index (χ2v) is 6.87. The molecule has 0 saturated heterocycles. The van der Waals surface area contributed by atoms with E-state index in [1.165, 1.54) is 0 Å². The highest BCUT2D eigenvalue weighted by atomic mass is 32.2. The minimum atomic E-state index is -4.04. The zero-order chi connectivity index (χ0) is 16.2. The smallest absolute Gasteiger partial charge is 0.243 e. The monoisotopic (exact) mass is 321 g/mol. The molecule has 120 valence electrons. The zero-order valence-electron chi connectivity index (χ0n) is 12.4. The Morgan fingerprint density at radius 3 is 2.48 bits per heavy atom. The summed E-state index contributed by atoms with van der Waals surface area (Å²) in [5.41, 5.74) is 4.87. The maximum absolute atomic E-state index is 13.5. The summed E-state index contributed by atoms with van der Waals surface area (Å²) in [6.45, 7) is 4.92. The first-order chi connectivity index (χ1) is 9.65. The molecule has 0 bridgehead atoms. The van der Waals surface area contributed by atoms with E-state index < -0.39 is 32.2 Å². The van der Waals surface area contributed by atoms with Crippen molar-refractivity contribution in [3.05, 3.63) is 23.8 Å². The number of hydrogen-bond donors (Lipinski definition) is 2. The van der Waals surface area contributed by atoms with Crippen molar-refractivity contribution in [2.75, 3.05) is 25.9 Å². The summed E-state index contributed by atoms with van der Waals surface area (Å²) in [6, 6.07) is 1.61. The molecule has 0 radical (unpaired) electrons. The Labute approximate surface area is 124 Å². The summed E-state index contributed by atoms with van der Waals surface area (Å²) in [5.74, 6) is -2.14. The van der Waals surface area contributed by atoms with Crippen molar-refractivity contribution in [3.63, 3.8) is 0 Å². The van der Waals surface area contributed by atoms with Crippen LogP contribution in [0.15, 0.2) is 17.0 Å². The van der Waals surface area contributed by atoms with Crippen LogP contribution in [0.1, 0.15) is 20.3 Å². The van der Waals surface area contributed by atoms with Gasteiger partial charge in [0.15, 0.2) is 0 Å². The number of benzene rings is 1. The topological polar surface area (TPSA) is 75.4 Å². The number of rotatable bonds is 7. The van der Waals surface area contributed by atoms with Gasteiger partial charge in [0.25, 0.3) is 0 Å². The average molecular weight is 321 g/mol. The molecule has 0 aromatic heterocycles. The van der Waals surface area contributed by atoms with Crippen molar-refractivity contribution in [2.45, 2.75) is 31.2 Å². The molecule has 0 fully saturated rings. The molecule has 0 atom stereocenters. The third kappa shape index (κ3) is 4.90. The first kappa shape index (κ1) is 17.8. The van der Waals surface area contributed by atoms with Gasteiger partial charge < -0.3 is 10.6 Å². The highest BCUT2D eigenvalue weighted by Gasteiger charge is 2.20. The van der Waals surface area contributed by atoms with Crippen molar-refractivity contribution in [2.24, 2.45) is 0 Å². The van der Waals surface area contributed by atoms with Crippen LogP contribution in [0, 0.1) is 11.6 Å². The Kier molecular flexibility index (Phi) is 6.06. The Balaban J connectivity index is 2.68. The molecule has 8 heteroatoms. The second kappa shape index (κ2) is 7.15. The van der Waals surface area contributed by atoms with Crippen molar-refractivity contribution >= 4 is 15.7 Å². The third-order valence-corrected chi connectivity index (χ3v) is 4.68. The third-order valence-electron chi connectivity index (χ3n) is 3.20. The number of nitrogens with one attached hydrogen (secondary N) is 1. The first-order valence-corrected chi connectivity index (χ1v) is 8.08. The normalized spacial score (nSPS) is 12.3. The molecule has 1 aromatic carbocycles. The highest BCUT2D eigenvalue weighted by Crippen LogP contribution is 2.20. The lowest BCUT2D eigenvalue weighted by Crippen LogP contribution is -2.31. The van der Waals surface area contributed by atoms with Crippen LogP contribution in [0.4, 0.5) is 14.5 Å². The number of halogens is 2. The van der Waals surface area contributed by atoms with Crippen LogP contribution in [0.25, 0.3) is 0 Å². The van der Waals surface area contributed by atoms with Crippen LogP contribution >= 0.6 is 0 Å². The molecule has 0 amide bonds. The van der Waals surface area contributed by atoms with Crippen LogP contribution in [0.2, 0.25) is 0 Å². The predicted molar refractivity (Wildman–Crippen MR) is 78.3 cm³/mol. The minimum Gasteiger partial charge on any atom is -0.396 e. The van der Waals surface area contributed by atoms with Crippen molar-refractivity contribution in [1.29, 1.82) is 0 Å². The van der Waals surface area contributed by atoms with E-state index in [-0.39, 0.29) is 6.54 Å². The lowest BCUT2D eigenvalue weighted by atomic mass is 10.3. The van der Waals surface area contributed by atoms with Crippen LogP contribution in [-0.2, 0) is 10.0 Å². The fourth-order valence-electron chi connectivity index (χ4n) is 1.62. The molecule has 0 spiro atoms. The largest absolute Gasteiger partial charge is 0.396 e. The van der Waals surface area contributed by atoms with Gasteiger partial charge in [-0.05, 0) is 39.9 Å². The van der Waals surface area contributed by atoms with Gasteiger partial charge in [0, 0.05) is 18.7 Å². The number of nitrogens with two attached hydrogens (primary N) is 1. The average Bonchev–Trinajstić information content (AvgIpc) is 2.38. The molecule has 1 aromatic rings. The van der Waals surface area contributed by atoms with Crippen LogP contribution < -0.4 is 10.5 Å². The molecule has 21 heavy (non-hydrogen) atoms. The van der Waals surface area contributed by atoms with Gasteiger partial charge >= 0.3 is 0 Å². The molecule has 5 nitrogen and oxygen atoms in total. The van der Waals surface area contributed by atoms with Gasteiger partial charge in [-0.3, -0.25) is 0 Å². The van der Waals surface area contributed by atoms with E-state index in [9.17, 15) is 17.2 Å². The minimum absolute atomic E-state index is 0.163. The maximum Gasteiger partial charge on any atom is 0.243 e. The fourth-order valence-corrected chi connectivity index (χ4v) is 2.79. The number of anilines is 1. The summed E-state index contributed by atoms with van der Waals surface area (Å²) < 4.78 is 52.8. The Hall–Kier alpha value is -1.25. The molecular weight excluding hydrogens is 300 g/mol. The number of nitrogen functional groups attached to an aromatic ring is 1. The number of sulfonamides is 1. The molecule has 1 rings (SSSR count). The molecule has 0 aliphatic carbocycles. The Morgan fingerprint density at radius 1 is 1.29 bits per heavy atom. The molecule has 0 aliphatic rings. The van der Waals surface area contributed by atoms with E-state index >= 15 is 0 Å². The second-order valence-electron chi connectivity index (χ2n) is 5.13. The van der Waals surface area contributed by atoms with Crippen LogP contribution in [0.5, 0.6) is 0 Å². The summed E-state index contributed by atoms with van der Waals surface area (Å²) in [6.07, 6.45) is 0.576. The standard InChI is InChI=1S/C13H21F2N3O2S/c1-9(2)18(3)6-4-5-17-21(19,20)13-8-12(16)10(14)7-11(13)15/h7-9,17H,4-6,16H2,1-3H3. The number of nitrogens with zero attached hydrogens (tertiary/aromatic N) is 1. The lowest BCUT2D eigenvalue weighted by Gasteiger charge is -2.20. The zero-order valence-corrected chi connectivity index (χ0v) is 13.2. The molecule has 0 unspecified atom stereocenters. The van der Waals surface area contributed by atoms with Gasteiger partial charge in [-0.2, -0.15) is 0 Å². The van der Waals surface area contributed by atoms with E-state index in [2.05, 4.69) is 9.62 Å². The molecule has 3 N–H and O–H groups in total. The van der Waals surface area contributed by atoms with Crippen LogP contribution in [0.3, 0.4) is 0 Å². The Morgan fingerprint density at radius 2 is 1.90 bits per heavy atom. The molecule has 0 aliphatic heterocycles.